The molecule has 2 N–H and O–H groups in total. The third kappa shape index (κ3) is 4.66. The highest BCUT2D eigenvalue weighted by molar-refractivity contribution is 9.11. The molecule has 0 fully saturated rings. The van der Waals surface area contributed by atoms with E-state index in [0.29, 0.717) is 6.54 Å². The van der Waals surface area contributed by atoms with Crippen LogP contribution in [0.4, 0.5) is 4.79 Å². The number of halogens is 1. The summed E-state index contributed by atoms with van der Waals surface area (Å²) in [5, 5.41) is 13.3. The second-order valence-corrected chi connectivity index (χ2v) is 6.33. The fourth-order valence-electron chi connectivity index (χ4n) is 1.24. The van der Waals surface area contributed by atoms with Crippen LogP contribution in [0, 0.1) is 5.92 Å². The predicted octanol–water partition coefficient (Wildman–Crippen LogP) is 2.37. The summed E-state index contributed by atoms with van der Waals surface area (Å²) in [6, 6.07) is 1.68. The van der Waals surface area contributed by atoms with Crippen LogP contribution in [0.1, 0.15) is 12.5 Å². The van der Waals surface area contributed by atoms with Crippen LogP contribution in [-0.4, -0.2) is 35.6 Å². The van der Waals surface area contributed by atoms with Crippen molar-refractivity contribution in [2.45, 2.75) is 13.5 Å². The zero-order chi connectivity index (χ0) is 13.7. The number of carboxylic acid groups (broad SMARTS) is 1. The standard InChI is InChI=1S/C11H15BrN2O3S/c1-7(10(15)16)4-13-11(17)14(2)5-8-3-9(12)18-6-8/h3,6-7H,4-5H2,1-2H3,(H,13,17)(H,15,16). The molecule has 5 nitrogen and oxygen atoms in total. The van der Waals surface area contributed by atoms with Crippen LogP contribution in [0.15, 0.2) is 15.2 Å². The van der Waals surface area contributed by atoms with Crippen molar-refractivity contribution in [2.75, 3.05) is 13.6 Å². The molecule has 1 unspecified atom stereocenters. The Bertz CT molecular complexity index is 436. The van der Waals surface area contributed by atoms with E-state index in [1.54, 1.807) is 25.3 Å². The molecule has 2 amide bonds. The van der Waals surface area contributed by atoms with E-state index in [1.165, 1.54) is 4.90 Å². The molecule has 0 radical (unpaired) electrons. The number of carboxylic acids is 1. The number of rotatable bonds is 5. The van der Waals surface area contributed by atoms with Gasteiger partial charge in [-0.2, -0.15) is 0 Å². The van der Waals surface area contributed by atoms with Crippen molar-refractivity contribution in [1.82, 2.24) is 10.2 Å². The van der Waals surface area contributed by atoms with E-state index in [0.717, 1.165) is 9.35 Å². The Balaban J connectivity index is 2.39. The maximum atomic E-state index is 11.7. The molecule has 0 aliphatic rings. The number of amides is 2. The fourth-order valence-corrected chi connectivity index (χ4v) is 2.44. The fraction of sp³-hybridized carbons (Fsp3) is 0.455. The Morgan fingerprint density at radius 3 is 2.78 bits per heavy atom. The Labute approximate surface area is 118 Å². The molecule has 0 aromatic carbocycles. The molecule has 100 valence electrons. The van der Waals surface area contributed by atoms with Gasteiger partial charge in [0, 0.05) is 20.1 Å². The lowest BCUT2D eigenvalue weighted by molar-refractivity contribution is -0.140. The third-order valence-corrected chi connectivity index (χ3v) is 3.92. The molecule has 18 heavy (non-hydrogen) atoms. The first-order valence-electron chi connectivity index (χ1n) is 5.35. The van der Waals surface area contributed by atoms with Gasteiger partial charge in [-0.25, -0.2) is 4.79 Å². The molecule has 0 saturated heterocycles. The number of urea groups is 1. The second kappa shape index (κ2) is 6.75. The first kappa shape index (κ1) is 15.0. The molecule has 1 rings (SSSR count). The van der Waals surface area contributed by atoms with E-state index >= 15 is 0 Å². The summed E-state index contributed by atoms with van der Waals surface area (Å²) in [5.41, 5.74) is 1.04. The molecule has 0 aliphatic heterocycles. The minimum Gasteiger partial charge on any atom is -0.481 e. The summed E-state index contributed by atoms with van der Waals surface area (Å²) in [6.45, 7) is 2.18. The van der Waals surface area contributed by atoms with Crippen LogP contribution in [-0.2, 0) is 11.3 Å². The summed E-state index contributed by atoms with van der Waals surface area (Å²) < 4.78 is 1.02. The summed E-state index contributed by atoms with van der Waals surface area (Å²) in [5.74, 6) is -1.50. The summed E-state index contributed by atoms with van der Waals surface area (Å²) in [6.07, 6.45) is 0. The smallest absolute Gasteiger partial charge is 0.317 e. The monoisotopic (exact) mass is 334 g/mol. The van der Waals surface area contributed by atoms with E-state index in [9.17, 15) is 9.59 Å². The molecule has 1 atom stereocenters. The van der Waals surface area contributed by atoms with Gasteiger partial charge in [-0.05, 0) is 32.9 Å². The number of hydrogen-bond acceptors (Lipinski definition) is 3. The largest absolute Gasteiger partial charge is 0.481 e. The van der Waals surface area contributed by atoms with Crippen molar-refractivity contribution < 1.29 is 14.7 Å². The Morgan fingerprint density at radius 1 is 1.61 bits per heavy atom. The molecule has 1 aromatic heterocycles. The Hall–Kier alpha value is -1.08. The number of thiophene rings is 1. The number of carbonyl (C=O) groups excluding carboxylic acids is 1. The summed E-state index contributed by atoms with van der Waals surface area (Å²) in [7, 11) is 1.67. The molecular formula is C11H15BrN2O3S. The molecule has 1 aromatic rings. The Morgan fingerprint density at radius 2 is 2.28 bits per heavy atom. The van der Waals surface area contributed by atoms with Crippen LogP contribution < -0.4 is 5.32 Å². The molecule has 0 saturated carbocycles. The minimum absolute atomic E-state index is 0.131. The van der Waals surface area contributed by atoms with Gasteiger partial charge in [-0.1, -0.05) is 6.92 Å². The zero-order valence-electron chi connectivity index (χ0n) is 10.1. The molecule has 0 bridgehead atoms. The van der Waals surface area contributed by atoms with Gasteiger partial charge < -0.3 is 15.3 Å². The summed E-state index contributed by atoms with van der Waals surface area (Å²) in [4.78, 5) is 23.8. The highest BCUT2D eigenvalue weighted by atomic mass is 79.9. The Kier molecular flexibility index (Phi) is 5.61. The van der Waals surface area contributed by atoms with Crippen molar-refractivity contribution >= 4 is 39.3 Å². The van der Waals surface area contributed by atoms with Gasteiger partial charge >= 0.3 is 12.0 Å². The van der Waals surface area contributed by atoms with Crippen molar-refractivity contribution in [3.05, 3.63) is 20.8 Å². The van der Waals surface area contributed by atoms with Crippen LogP contribution >= 0.6 is 27.3 Å². The topological polar surface area (TPSA) is 69.6 Å². The normalized spacial score (nSPS) is 11.9. The maximum absolute atomic E-state index is 11.7. The van der Waals surface area contributed by atoms with Crippen molar-refractivity contribution in [2.24, 2.45) is 5.92 Å². The highest BCUT2D eigenvalue weighted by Crippen LogP contribution is 2.21. The summed E-state index contributed by atoms with van der Waals surface area (Å²) >= 11 is 4.92. The first-order valence-corrected chi connectivity index (χ1v) is 7.02. The van der Waals surface area contributed by atoms with Gasteiger partial charge in [0.15, 0.2) is 0 Å². The number of hydrogen-bond donors (Lipinski definition) is 2. The molecule has 0 aliphatic carbocycles. The van der Waals surface area contributed by atoms with Crippen LogP contribution in [0.2, 0.25) is 0 Å². The van der Waals surface area contributed by atoms with Crippen molar-refractivity contribution in [3.8, 4) is 0 Å². The van der Waals surface area contributed by atoms with Crippen LogP contribution in [0.3, 0.4) is 0 Å². The highest BCUT2D eigenvalue weighted by Gasteiger charge is 2.14. The molecule has 7 heteroatoms. The van der Waals surface area contributed by atoms with Crippen molar-refractivity contribution in [1.29, 1.82) is 0 Å². The zero-order valence-corrected chi connectivity index (χ0v) is 12.5. The van der Waals surface area contributed by atoms with Gasteiger partial charge in [0.1, 0.15) is 0 Å². The van der Waals surface area contributed by atoms with Gasteiger partial charge in [-0.3, -0.25) is 4.79 Å². The number of aliphatic carboxylic acids is 1. The first-order chi connectivity index (χ1) is 8.40. The van der Waals surface area contributed by atoms with Crippen molar-refractivity contribution in [3.63, 3.8) is 0 Å². The van der Waals surface area contributed by atoms with E-state index in [4.69, 9.17) is 5.11 Å². The SMILES string of the molecule is CC(CNC(=O)N(C)Cc1csc(Br)c1)C(=O)O. The lowest BCUT2D eigenvalue weighted by atomic mass is 10.2. The molecule has 1 heterocycles. The van der Waals surface area contributed by atoms with Crippen LogP contribution in [0.25, 0.3) is 0 Å². The van der Waals surface area contributed by atoms with Gasteiger partial charge in [0.2, 0.25) is 0 Å². The number of carbonyl (C=O) groups is 2. The number of nitrogens with zero attached hydrogens (tertiary/aromatic N) is 1. The predicted molar refractivity (Wildman–Crippen MR) is 73.7 cm³/mol. The van der Waals surface area contributed by atoms with Gasteiger partial charge in [0.05, 0.1) is 9.70 Å². The molecule has 0 spiro atoms. The molecular weight excluding hydrogens is 320 g/mol. The van der Waals surface area contributed by atoms with Gasteiger partial charge in [-0.15, -0.1) is 11.3 Å². The van der Waals surface area contributed by atoms with E-state index in [1.807, 2.05) is 11.4 Å². The van der Waals surface area contributed by atoms with E-state index < -0.39 is 11.9 Å². The quantitative estimate of drug-likeness (QED) is 0.868. The minimum atomic E-state index is -0.917. The lowest BCUT2D eigenvalue weighted by Crippen LogP contribution is -2.40. The average molecular weight is 335 g/mol. The second-order valence-electron chi connectivity index (χ2n) is 4.04. The number of nitrogens with one attached hydrogen (secondary N) is 1. The van der Waals surface area contributed by atoms with E-state index in [-0.39, 0.29) is 12.6 Å². The van der Waals surface area contributed by atoms with E-state index in [2.05, 4.69) is 21.2 Å². The third-order valence-electron chi connectivity index (χ3n) is 2.37. The average Bonchev–Trinajstić information content (AvgIpc) is 2.70. The van der Waals surface area contributed by atoms with Crippen LogP contribution in [0.5, 0.6) is 0 Å². The lowest BCUT2D eigenvalue weighted by Gasteiger charge is -2.18. The van der Waals surface area contributed by atoms with Gasteiger partial charge in [0.25, 0.3) is 0 Å². The maximum Gasteiger partial charge on any atom is 0.317 e.